The van der Waals surface area contributed by atoms with E-state index in [1.54, 1.807) is 11.1 Å². The summed E-state index contributed by atoms with van der Waals surface area (Å²) >= 11 is 0. The number of amides is 1. The topological polar surface area (TPSA) is 41.6 Å². The van der Waals surface area contributed by atoms with Crippen LogP contribution in [0.3, 0.4) is 0 Å². The van der Waals surface area contributed by atoms with Gasteiger partial charge in [0.2, 0.25) is 5.91 Å². The van der Waals surface area contributed by atoms with Gasteiger partial charge in [-0.1, -0.05) is 35.9 Å². The van der Waals surface area contributed by atoms with Crippen molar-refractivity contribution in [3.8, 4) is 0 Å². The summed E-state index contributed by atoms with van der Waals surface area (Å²) in [5.41, 5.74) is 2.35. The first-order chi connectivity index (χ1) is 9.20. The van der Waals surface area contributed by atoms with E-state index in [0.717, 1.165) is 12.0 Å². The van der Waals surface area contributed by atoms with Crippen molar-refractivity contribution in [1.29, 1.82) is 0 Å². The second-order valence-corrected chi connectivity index (χ2v) is 4.74. The molecule has 1 N–H and O–H groups in total. The van der Waals surface area contributed by atoms with Crippen LogP contribution in [0.1, 0.15) is 17.5 Å². The Morgan fingerprint density at radius 2 is 2.42 bits per heavy atom. The molecule has 102 valence electrons. The van der Waals surface area contributed by atoms with E-state index in [9.17, 15) is 4.79 Å². The minimum Gasteiger partial charge on any atom is -0.355 e. The summed E-state index contributed by atoms with van der Waals surface area (Å²) in [6.07, 6.45) is 2.47. The van der Waals surface area contributed by atoms with Gasteiger partial charge in [0.25, 0.3) is 0 Å². The summed E-state index contributed by atoms with van der Waals surface area (Å²) < 4.78 is 0. The molecular weight excluding hydrogens is 240 g/mol. The zero-order valence-electron chi connectivity index (χ0n) is 11.3. The van der Waals surface area contributed by atoms with Crippen molar-refractivity contribution in [2.45, 2.75) is 25.9 Å². The first kappa shape index (κ1) is 13.8. The molecule has 0 bridgehead atoms. The van der Waals surface area contributed by atoms with Crippen molar-refractivity contribution in [2.24, 2.45) is 0 Å². The predicted molar refractivity (Wildman–Crippen MR) is 74.3 cm³/mol. The molecule has 1 aromatic carbocycles. The minimum atomic E-state index is -0.208. The van der Waals surface area contributed by atoms with Crippen LogP contribution in [0.4, 0.5) is 0 Å². The van der Waals surface area contributed by atoms with Crippen molar-refractivity contribution in [3.63, 3.8) is 0 Å². The van der Waals surface area contributed by atoms with Crippen LogP contribution < -0.4 is 5.32 Å². The van der Waals surface area contributed by atoms with Gasteiger partial charge in [0.15, 0.2) is 0 Å². The van der Waals surface area contributed by atoms with Crippen molar-refractivity contribution in [1.82, 2.24) is 10.4 Å². The number of carbonyl (C=O) groups is 1. The highest BCUT2D eigenvalue weighted by Gasteiger charge is 2.31. The number of rotatable bonds is 6. The molecule has 0 radical (unpaired) electrons. The third kappa shape index (κ3) is 3.66. The first-order valence-electron chi connectivity index (χ1n) is 6.54. The number of hydrogen-bond acceptors (Lipinski definition) is 3. The molecule has 1 aliphatic rings. The van der Waals surface area contributed by atoms with Gasteiger partial charge in [-0.3, -0.25) is 9.63 Å². The van der Waals surface area contributed by atoms with Crippen LogP contribution >= 0.6 is 0 Å². The van der Waals surface area contributed by atoms with Crippen LogP contribution in [0.15, 0.2) is 36.9 Å². The molecule has 19 heavy (non-hydrogen) atoms. The average molecular weight is 260 g/mol. The number of benzene rings is 1. The molecule has 1 amide bonds. The Morgan fingerprint density at radius 3 is 3.05 bits per heavy atom. The number of hydrogen-bond donors (Lipinski definition) is 1. The summed E-state index contributed by atoms with van der Waals surface area (Å²) in [4.78, 5) is 17.4. The maximum absolute atomic E-state index is 11.8. The fourth-order valence-electron chi connectivity index (χ4n) is 2.24. The fraction of sp³-hybridized carbons (Fsp3) is 0.400. The lowest BCUT2D eigenvalue weighted by Gasteiger charge is -2.25. The Kier molecular flexibility index (Phi) is 4.71. The van der Waals surface area contributed by atoms with Gasteiger partial charge in [0, 0.05) is 6.54 Å². The lowest BCUT2D eigenvalue weighted by molar-refractivity contribution is -0.186. The van der Waals surface area contributed by atoms with Crippen molar-refractivity contribution in [3.05, 3.63) is 48.0 Å². The van der Waals surface area contributed by atoms with Gasteiger partial charge in [-0.25, -0.2) is 0 Å². The Balaban J connectivity index is 2.08. The molecule has 1 atom stereocenters. The van der Waals surface area contributed by atoms with Gasteiger partial charge < -0.3 is 5.32 Å². The van der Waals surface area contributed by atoms with Crippen LogP contribution in [0.2, 0.25) is 0 Å². The molecule has 1 saturated heterocycles. The van der Waals surface area contributed by atoms with Gasteiger partial charge in [-0.2, -0.15) is 5.06 Å². The maximum Gasteiger partial charge on any atom is 0.239 e. The van der Waals surface area contributed by atoms with Crippen molar-refractivity contribution in [2.75, 3.05) is 13.2 Å². The molecule has 1 unspecified atom stereocenters. The summed E-state index contributed by atoms with van der Waals surface area (Å²) in [6, 6.07) is 8.02. The van der Waals surface area contributed by atoms with E-state index in [1.807, 2.05) is 12.1 Å². The number of nitrogens with one attached hydrogen (secondary N) is 1. The molecule has 1 heterocycles. The molecule has 1 aliphatic heterocycles. The predicted octanol–water partition coefficient (Wildman–Crippen LogP) is 1.80. The second kappa shape index (κ2) is 6.50. The molecule has 2 rings (SSSR count). The number of aryl methyl sites for hydroxylation is 1. The van der Waals surface area contributed by atoms with E-state index in [1.165, 1.54) is 5.56 Å². The number of nitrogens with zero attached hydrogens (tertiary/aromatic N) is 1. The molecule has 4 heteroatoms. The molecule has 1 aromatic rings. The Hall–Kier alpha value is -1.65. The van der Waals surface area contributed by atoms with Crippen LogP contribution in [0.25, 0.3) is 0 Å². The van der Waals surface area contributed by atoms with Crippen LogP contribution in [0, 0.1) is 6.92 Å². The molecular formula is C15H20N2O2. The number of hydroxylamine groups is 2. The Bertz CT molecular complexity index is 459. The Labute approximate surface area is 114 Å². The third-order valence-corrected chi connectivity index (χ3v) is 3.15. The Morgan fingerprint density at radius 1 is 1.58 bits per heavy atom. The van der Waals surface area contributed by atoms with Crippen LogP contribution in [-0.4, -0.2) is 30.2 Å². The van der Waals surface area contributed by atoms with Gasteiger partial charge in [-0.15, -0.1) is 6.58 Å². The van der Waals surface area contributed by atoms with E-state index in [-0.39, 0.29) is 11.9 Å². The van der Waals surface area contributed by atoms with Gasteiger partial charge in [0.05, 0.1) is 13.2 Å². The highest BCUT2D eigenvalue weighted by Crippen LogP contribution is 2.15. The van der Waals surface area contributed by atoms with E-state index in [2.05, 4.69) is 31.0 Å². The van der Waals surface area contributed by atoms with Gasteiger partial charge >= 0.3 is 0 Å². The lowest BCUT2D eigenvalue weighted by atomic mass is 10.1. The third-order valence-electron chi connectivity index (χ3n) is 3.15. The maximum atomic E-state index is 11.8. The average Bonchev–Trinajstić information content (AvgIpc) is 2.81. The lowest BCUT2D eigenvalue weighted by Crippen LogP contribution is -2.40. The zero-order valence-corrected chi connectivity index (χ0v) is 11.3. The molecule has 4 nitrogen and oxygen atoms in total. The van der Waals surface area contributed by atoms with Crippen LogP contribution in [0.5, 0.6) is 0 Å². The first-order valence-corrected chi connectivity index (χ1v) is 6.54. The van der Waals surface area contributed by atoms with Crippen molar-refractivity contribution >= 4 is 5.91 Å². The smallest absolute Gasteiger partial charge is 0.239 e. The van der Waals surface area contributed by atoms with Gasteiger partial charge in [-0.05, 0) is 18.9 Å². The van der Waals surface area contributed by atoms with E-state index in [0.29, 0.717) is 19.7 Å². The fourth-order valence-corrected chi connectivity index (χ4v) is 2.24. The summed E-state index contributed by atoms with van der Waals surface area (Å²) in [5, 5.41) is 4.60. The van der Waals surface area contributed by atoms with E-state index >= 15 is 0 Å². The summed E-state index contributed by atoms with van der Waals surface area (Å²) in [7, 11) is 0. The van der Waals surface area contributed by atoms with Gasteiger partial charge in [0.1, 0.15) is 6.04 Å². The minimum absolute atomic E-state index is 0.0386. The largest absolute Gasteiger partial charge is 0.355 e. The summed E-state index contributed by atoms with van der Waals surface area (Å²) in [6.45, 7) is 7.43. The quantitative estimate of drug-likeness (QED) is 0.626. The highest BCUT2D eigenvalue weighted by molar-refractivity contribution is 5.83. The molecule has 0 aliphatic carbocycles. The molecule has 0 spiro atoms. The van der Waals surface area contributed by atoms with Crippen LogP contribution in [-0.2, 0) is 16.2 Å². The van der Waals surface area contributed by atoms with Crippen molar-refractivity contribution < 1.29 is 9.63 Å². The molecule has 0 saturated carbocycles. The monoisotopic (exact) mass is 260 g/mol. The number of carbonyl (C=O) groups excluding carboxylic acids is 1. The standard InChI is InChI=1S/C15H20N2O2/c1-3-9-19-17(14-7-8-16-15(14)18)11-13-6-4-5-12(2)10-13/h3-6,10,14H,1,7-9,11H2,2H3,(H,16,18). The second-order valence-electron chi connectivity index (χ2n) is 4.74. The zero-order chi connectivity index (χ0) is 13.7. The molecule has 1 fully saturated rings. The summed E-state index contributed by atoms with van der Waals surface area (Å²) in [5.74, 6) is 0.0386. The highest BCUT2D eigenvalue weighted by atomic mass is 16.7. The molecule has 0 aromatic heterocycles. The van der Waals surface area contributed by atoms with E-state index in [4.69, 9.17) is 4.84 Å². The SMILES string of the molecule is C=CCON(Cc1cccc(C)c1)C1CCNC1=O. The van der Waals surface area contributed by atoms with E-state index < -0.39 is 0 Å². The normalized spacial score (nSPS) is 18.6.